The molecule has 0 spiro atoms. The molecule has 0 aliphatic carbocycles. The molecule has 1 aliphatic heterocycles. The lowest BCUT2D eigenvalue weighted by Gasteiger charge is -2.27. The molecule has 0 amide bonds. The normalized spacial score (nSPS) is 16.0. The van der Waals surface area contributed by atoms with Crippen molar-refractivity contribution in [2.75, 3.05) is 18.0 Å². The van der Waals surface area contributed by atoms with Crippen molar-refractivity contribution in [3.63, 3.8) is 0 Å². The lowest BCUT2D eigenvalue weighted by Crippen LogP contribution is -2.31. The third-order valence-electron chi connectivity index (χ3n) is 3.08. The Kier molecular flexibility index (Phi) is 3.58. The molecule has 0 aromatic carbocycles. The molecule has 2 heterocycles. The molecule has 2 rings (SSSR count). The Bertz CT molecular complexity index is 428. The molecule has 4 heteroatoms. The predicted octanol–water partition coefficient (Wildman–Crippen LogP) is 2.46. The SMILES string of the molecule is CC(C)c1cc(C#N)nc(N2CCCCC2)n1. The number of rotatable bonds is 2. The van der Waals surface area contributed by atoms with E-state index in [-0.39, 0.29) is 0 Å². The zero-order valence-electron chi connectivity index (χ0n) is 10.5. The quantitative estimate of drug-likeness (QED) is 0.783. The van der Waals surface area contributed by atoms with Crippen LogP contribution >= 0.6 is 0 Å². The van der Waals surface area contributed by atoms with Crippen molar-refractivity contribution >= 4 is 5.95 Å². The highest BCUT2D eigenvalue weighted by Crippen LogP contribution is 2.19. The van der Waals surface area contributed by atoms with E-state index in [9.17, 15) is 0 Å². The van der Waals surface area contributed by atoms with E-state index in [0.717, 1.165) is 24.7 Å². The van der Waals surface area contributed by atoms with Gasteiger partial charge in [0.2, 0.25) is 5.95 Å². The van der Waals surface area contributed by atoms with Gasteiger partial charge in [-0.15, -0.1) is 0 Å². The second-order valence-corrected chi connectivity index (χ2v) is 4.79. The van der Waals surface area contributed by atoms with Crippen molar-refractivity contribution in [1.82, 2.24) is 9.97 Å². The van der Waals surface area contributed by atoms with Crippen molar-refractivity contribution in [1.29, 1.82) is 5.26 Å². The second-order valence-electron chi connectivity index (χ2n) is 4.79. The molecule has 17 heavy (non-hydrogen) atoms. The maximum absolute atomic E-state index is 9.01. The summed E-state index contributed by atoms with van der Waals surface area (Å²) in [6.45, 7) is 6.19. The van der Waals surface area contributed by atoms with E-state index in [1.807, 2.05) is 0 Å². The largest absolute Gasteiger partial charge is 0.341 e. The summed E-state index contributed by atoms with van der Waals surface area (Å²) >= 11 is 0. The summed E-state index contributed by atoms with van der Waals surface area (Å²) in [5.74, 6) is 1.06. The van der Waals surface area contributed by atoms with Crippen LogP contribution in [0.25, 0.3) is 0 Å². The van der Waals surface area contributed by atoms with Crippen molar-refractivity contribution in [3.8, 4) is 6.07 Å². The summed E-state index contributed by atoms with van der Waals surface area (Å²) in [5.41, 5.74) is 1.43. The third-order valence-corrected chi connectivity index (χ3v) is 3.08. The average Bonchev–Trinajstić information content (AvgIpc) is 2.39. The molecular formula is C13H18N4. The highest BCUT2D eigenvalue weighted by molar-refractivity contribution is 5.37. The number of hydrogen-bond acceptors (Lipinski definition) is 4. The predicted molar refractivity (Wildman–Crippen MR) is 66.9 cm³/mol. The van der Waals surface area contributed by atoms with Gasteiger partial charge in [0.15, 0.2) is 0 Å². The van der Waals surface area contributed by atoms with Crippen molar-refractivity contribution in [2.24, 2.45) is 0 Å². The number of nitrogens with zero attached hydrogens (tertiary/aromatic N) is 4. The zero-order valence-corrected chi connectivity index (χ0v) is 10.5. The fraction of sp³-hybridized carbons (Fsp3) is 0.615. The van der Waals surface area contributed by atoms with E-state index in [4.69, 9.17) is 5.26 Å². The zero-order chi connectivity index (χ0) is 12.3. The molecule has 1 fully saturated rings. The number of anilines is 1. The van der Waals surface area contributed by atoms with E-state index >= 15 is 0 Å². The molecule has 0 unspecified atom stereocenters. The lowest BCUT2D eigenvalue weighted by atomic mass is 10.1. The van der Waals surface area contributed by atoms with Gasteiger partial charge in [-0.05, 0) is 31.2 Å². The van der Waals surface area contributed by atoms with E-state index in [1.54, 1.807) is 6.07 Å². The standard InChI is InChI=1S/C13H18N4/c1-10(2)12-8-11(9-14)15-13(16-12)17-6-4-3-5-7-17/h8,10H,3-7H2,1-2H3. The average molecular weight is 230 g/mol. The first-order valence-electron chi connectivity index (χ1n) is 6.24. The van der Waals surface area contributed by atoms with E-state index in [1.165, 1.54) is 19.3 Å². The topological polar surface area (TPSA) is 52.8 Å². The van der Waals surface area contributed by atoms with E-state index < -0.39 is 0 Å². The van der Waals surface area contributed by atoms with Crippen LogP contribution in [0.1, 0.15) is 50.4 Å². The van der Waals surface area contributed by atoms with Gasteiger partial charge in [-0.1, -0.05) is 13.8 Å². The van der Waals surface area contributed by atoms with E-state index in [0.29, 0.717) is 11.6 Å². The van der Waals surface area contributed by atoms with Crippen molar-refractivity contribution in [2.45, 2.75) is 39.0 Å². The second kappa shape index (κ2) is 5.13. The van der Waals surface area contributed by atoms with E-state index in [2.05, 4.69) is 34.8 Å². The van der Waals surface area contributed by atoms with Crippen molar-refractivity contribution in [3.05, 3.63) is 17.5 Å². The van der Waals surface area contributed by atoms with Crippen LogP contribution in [-0.2, 0) is 0 Å². The summed E-state index contributed by atoms with van der Waals surface area (Å²) in [6.07, 6.45) is 3.67. The first-order chi connectivity index (χ1) is 8.20. The lowest BCUT2D eigenvalue weighted by molar-refractivity contribution is 0.566. The summed E-state index contributed by atoms with van der Waals surface area (Å²) in [7, 11) is 0. The van der Waals surface area contributed by atoms with Crippen LogP contribution in [0.2, 0.25) is 0 Å². The molecule has 0 atom stereocenters. The first-order valence-corrected chi connectivity index (χ1v) is 6.24. The maximum atomic E-state index is 9.01. The fourth-order valence-electron chi connectivity index (χ4n) is 2.04. The van der Waals surface area contributed by atoms with Crippen LogP contribution < -0.4 is 4.90 Å². The molecule has 0 N–H and O–H groups in total. The molecule has 0 saturated carbocycles. The Balaban J connectivity index is 2.32. The van der Waals surface area contributed by atoms with Gasteiger partial charge in [0.25, 0.3) is 0 Å². The van der Waals surface area contributed by atoms with Crippen LogP contribution in [0.5, 0.6) is 0 Å². The fourth-order valence-corrected chi connectivity index (χ4v) is 2.04. The third kappa shape index (κ3) is 2.73. The molecule has 0 radical (unpaired) electrons. The summed E-state index contributed by atoms with van der Waals surface area (Å²) in [4.78, 5) is 11.1. The highest BCUT2D eigenvalue weighted by Gasteiger charge is 2.16. The minimum Gasteiger partial charge on any atom is -0.341 e. The van der Waals surface area contributed by atoms with Gasteiger partial charge in [0.05, 0.1) is 0 Å². The summed E-state index contributed by atoms with van der Waals surface area (Å²) in [6, 6.07) is 3.91. The number of aromatic nitrogens is 2. The summed E-state index contributed by atoms with van der Waals surface area (Å²) < 4.78 is 0. The molecule has 1 aliphatic rings. The van der Waals surface area contributed by atoms with Crippen LogP contribution in [0.15, 0.2) is 6.07 Å². The number of piperidine rings is 1. The number of nitriles is 1. The van der Waals surface area contributed by atoms with Gasteiger partial charge in [-0.25, -0.2) is 9.97 Å². The van der Waals surface area contributed by atoms with Gasteiger partial charge < -0.3 is 4.90 Å². The monoisotopic (exact) mass is 230 g/mol. The van der Waals surface area contributed by atoms with Crippen LogP contribution in [-0.4, -0.2) is 23.1 Å². The van der Waals surface area contributed by atoms with Gasteiger partial charge in [0.1, 0.15) is 11.8 Å². The molecule has 1 aromatic rings. The molecular weight excluding hydrogens is 212 g/mol. The van der Waals surface area contributed by atoms with Crippen LogP contribution in [0.4, 0.5) is 5.95 Å². The summed E-state index contributed by atoms with van der Waals surface area (Å²) in [5, 5.41) is 9.01. The van der Waals surface area contributed by atoms with Gasteiger partial charge in [0, 0.05) is 18.8 Å². The molecule has 90 valence electrons. The highest BCUT2D eigenvalue weighted by atomic mass is 15.3. The van der Waals surface area contributed by atoms with Gasteiger partial charge in [-0.2, -0.15) is 5.26 Å². The maximum Gasteiger partial charge on any atom is 0.226 e. The Morgan fingerprint density at radius 3 is 2.53 bits per heavy atom. The van der Waals surface area contributed by atoms with Crippen molar-refractivity contribution < 1.29 is 0 Å². The number of hydrogen-bond donors (Lipinski definition) is 0. The van der Waals surface area contributed by atoms with Gasteiger partial charge >= 0.3 is 0 Å². The molecule has 1 saturated heterocycles. The van der Waals surface area contributed by atoms with Crippen LogP contribution in [0.3, 0.4) is 0 Å². The molecule has 1 aromatic heterocycles. The first kappa shape index (κ1) is 11.8. The molecule has 4 nitrogen and oxygen atoms in total. The smallest absolute Gasteiger partial charge is 0.226 e. The van der Waals surface area contributed by atoms with Gasteiger partial charge in [-0.3, -0.25) is 0 Å². The van der Waals surface area contributed by atoms with Crippen LogP contribution in [0, 0.1) is 11.3 Å². The Labute approximate surface area is 102 Å². The minimum absolute atomic E-state index is 0.327. The Morgan fingerprint density at radius 1 is 1.24 bits per heavy atom. The Morgan fingerprint density at radius 2 is 1.94 bits per heavy atom. The Hall–Kier alpha value is -1.63. The minimum atomic E-state index is 0.327. The molecule has 0 bridgehead atoms.